The number of halogens is 1. The van der Waals surface area contributed by atoms with Crippen LogP contribution in [-0.4, -0.2) is 38.1 Å². The summed E-state index contributed by atoms with van der Waals surface area (Å²) in [5.41, 5.74) is 0.665. The highest BCUT2D eigenvalue weighted by molar-refractivity contribution is 5.78. The molecule has 0 saturated heterocycles. The first-order valence-corrected chi connectivity index (χ1v) is 7.34. The standard InChI is InChI=1S/C18H20FNO3/c1-20(18(21)13-14-4-3-5-15(19)12-14)10-11-23-17-8-6-16(22-2)7-9-17/h3-9,12H,10-11,13H2,1-2H3. The Bertz CT molecular complexity index is 643. The van der Waals surface area contributed by atoms with E-state index in [1.165, 1.54) is 12.1 Å². The van der Waals surface area contributed by atoms with E-state index in [1.54, 1.807) is 31.2 Å². The molecule has 0 aromatic heterocycles. The van der Waals surface area contributed by atoms with Crippen molar-refractivity contribution in [1.82, 2.24) is 4.90 Å². The number of hydrogen-bond donors (Lipinski definition) is 0. The van der Waals surface area contributed by atoms with Crippen LogP contribution in [0.3, 0.4) is 0 Å². The van der Waals surface area contributed by atoms with Crippen LogP contribution < -0.4 is 9.47 Å². The van der Waals surface area contributed by atoms with Gasteiger partial charge in [-0.1, -0.05) is 12.1 Å². The summed E-state index contributed by atoms with van der Waals surface area (Å²) >= 11 is 0. The van der Waals surface area contributed by atoms with Crippen LogP contribution in [0.15, 0.2) is 48.5 Å². The molecule has 0 saturated carbocycles. The molecule has 122 valence electrons. The minimum atomic E-state index is -0.333. The predicted molar refractivity (Wildman–Crippen MR) is 86.2 cm³/mol. The van der Waals surface area contributed by atoms with Crippen LogP contribution in [0.2, 0.25) is 0 Å². The van der Waals surface area contributed by atoms with Gasteiger partial charge >= 0.3 is 0 Å². The second kappa shape index (κ2) is 8.17. The average molecular weight is 317 g/mol. The molecule has 2 rings (SSSR count). The lowest BCUT2D eigenvalue weighted by Gasteiger charge is -2.17. The van der Waals surface area contributed by atoms with Crippen molar-refractivity contribution >= 4 is 5.91 Å². The fourth-order valence-corrected chi connectivity index (χ4v) is 2.05. The molecule has 23 heavy (non-hydrogen) atoms. The van der Waals surface area contributed by atoms with E-state index in [1.807, 2.05) is 24.3 Å². The second-order valence-electron chi connectivity index (χ2n) is 5.15. The Morgan fingerprint density at radius 1 is 1.13 bits per heavy atom. The van der Waals surface area contributed by atoms with E-state index in [9.17, 15) is 9.18 Å². The van der Waals surface area contributed by atoms with Crippen molar-refractivity contribution in [3.05, 3.63) is 59.9 Å². The Morgan fingerprint density at radius 3 is 2.48 bits per heavy atom. The summed E-state index contributed by atoms with van der Waals surface area (Å²) in [5.74, 6) is 1.08. The topological polar surface area (TPSA) is 38.8 Å². The number of carbonyl (C=O) groups excluding carboxylic acids is 1. The molecule has 1 amide bonds. The summed E-state index contributed by atoms with van der Waals surface area (Å²) in [4.78, 5) is 13.7. The molecule has 0 radical (unpaired) electrons. The fourth-order valence-electron chi connectivity index (χ4n) is 2.05. The van der Waals surface area contributed by atoms with E-state index in [0.717, 1.165) is 11.5 Å². The first-order valence-electron chi connectivity index (χ1n) is 7.34. The first-order chi connectivity index (χ1) is 11.1. The largest absolute Gasteiger partial charge is 0.497 e. The zero-order chi connectivity index (χ0) is 16.7. The number of hydrogen-bond acceptors (Lipinski definition) is 3. The third-order valence-corrected chi connectivity index (χ3v) is 3.42. The third-order valence-electron chi connectivity index (χ3n) is 3.42. The van der Waals surface area contributed by atoms with Crippen molar-refractivity contribution in [3.63, 3.8) is 0 Å². The number of carbonyl (C=O) groups is 1. The summed E-state index contributed by atoms with van der Waals surface area (Å²) in [5, 5.41) is 0. The number of amides is 1. The molecule has 0 aliphatic heterocycles. The van der Waals surface area contributed by atoms with Gasteiger partial charge in [0.25, 0.3) is 0 Å². The van der Waals surface area contributed by atoms with Gasteiger partial charge in [0.15, 0.2) is 0 Å². The molecule has 5 heteroatoms. The molecule has 2 aromatic carbocycles. The number of ether oxygens (including phenoxy) is 2. The minimum Gasteiger partial charge on any atom is -0.497 e. The molecule has 0 bridgehead atoms. The molecule has 0 aliphatic carbocycles. The van der Waals surface area contributed by atoms with Gasteiger partial charge in [-0.3, -0.25) is 4.79 Å². The maximum Gasteiger partial charge on any atom is 0.226 e. The molecular formula is C18H20FNO3. The van der Waals surface area contributed by atoms with Crippen LogP contribution in [0, 0.1) is 5.82 Å². The highest BCUT2D eigenvalue weighted by atomic mass is 19.1. The molecule has 0 fully saturated rings. The van der Waals surface area contributed by atoms with Gasteiger partial charge in [0, 0.05) is 7.05 Å². The van der Waals surface area contributed by atoms with Crippen LogP contribution in [0.4, 0.5) is 4.39 Å². The number of likely N-dealkylation sites (N-methyl/N-ethyl adjacent to an activating group) is 1. The van der Waals surface area contributed by atoms with Gasteiger partial charge in [-0.2, -0.15) is 0 Å². The molecule has 0 spiro atoms. The van der Waals surface area contributed by atoms with Crippen molar-refractivity contribution in [2.24, 2.45) is 0 Å². The quantitative estimate of drug-likeness (QED) is 0.788. The lowest BCUT2D eigenvalue weighted by Crippen LogP contribution is -2.32. The van der Waals surface area contributed by atoms with Gasteiger partial charge in [0.1, 0.15) is 23.9 Å². The number of rotatable bonds is 7. The Morgan fingerprint density at radius 2 is 1.83 bits per heavy atom. The van der Waals surface area contributed by atoms with Gasteiger partial charge in [-0.05, 0) is 42.0 Å². The van der Waals surface area contributed by atoms with Gasteiger partial charge < -0.3 is 14.4 Å². The lowest BCUT2D eigenvalue weighted by atomic mass is 10.1. The summed E-state index contributed by atoms with van der Waals surface area (Å²) in [7, 11) is 3.31. The highest BCUT2D eigenvalue weighted by Gasteiger charge is 2.10. The highest BCUT2D eigenvalue weighted by Crippen LogP contribution is 2.16. The molecule has 0 unspecified atom stereocenters. The molecule has 2 aromatic rings. The normalized spacial score (nSPS) is 10.2. The van der Waals surface area contributed by atoms with Crippen molar-refractivity contribution in [1.29, 1.82) is 0 Å². The van der Waals surface area contributed by atoms with Gasteiger partial charge in [0.05, 0.1) is 20.1 Å². The van der Waals surface area contributed by atoms with Crippen molar-refractivity contribution in [2.45, 2.75) is 6.42 Å². The van der Waals surface area contributed by atoms with Crippen LogP contribution in [0.1, 0.15) is 5.56 Å². The Balaban J connectivity index is 1.77. The average Bonchev–Trinajstić information content (AvgIpc) is 2.55. The van der Waals surface area contributed by atoms with Crippen molar-refractivity contribution in [2.75, 3.05) is 27.3 Å². The summed E-state index contributed by atoms with van der Waals surface area (Å²) in [6, 6.07) is 13.3. The molecule has 4 nitrogen and oxygen atoms in total. The first kappa shape index (κ1) is 16.8. The van der Waals surface area contributed by atoms with E-state index in [-0.39, 0.29) is 18.1 Å². The number of nitrogens with zero attached hydrogens (tertiary/aromatic N) is 1. The summed E-state index contributed by atoms with van der Waals surface area (Å²) < 4.78 is 23.8. The van der Waals surface area contributed by atoms with Crippen LogP contribution in [0.25, 0.3) is 0 Å². The van der Waals surface area contributed by atoms with Gasteiger partial charge in [-0.15, -0.1) is 0 Å². The fraction of sp³-hybridized carbons (Fsp3) is 0.278. The Labute approximate surface area is 135 Å². The third kappa shape index (κ3) is 5.29. The van der Waals surface area contributed by atoms with E-state index in [2.05, 4.69) is 0 Å². The molecule has 0 heterocycles. The Kier molecular flexibility index (Phi) is 5.97. The monoisotopic (exact) mass is 317 g/mol. The van der Waals surface area contributed by atoms with E-state index < -0.39 is 0 Å². The maximum atomic E-state index is 13.1. The molecule has 0 atom stereocenters. The second-order valence-corrected chi connectivity index (χ2v) is 5.15. The zero-order valence-electron chi connectivity index (χ0n) is 13.3. The minimum absolute atomic E-state index is 0.0751. The summed E-state index contributed by atoms with van der Waals surface area (Å²) in [6.45, 7) is 0.845. The zero-order valence-corrected chi connectivity index (χ0v) is 13.3. The SMILES string of the molecule is COc1ccc(OCCN(C)C(=O)Cc2cccc(F)c2)cc1. The van der Waals surface area contributed by atoms with Crippen LogP contribution in [-0.2, 0) is 11.2 Å². The smallest absolute Gasteiger partial charge is 0.226 e. The van der Waals surface area contributed by atoms with Crippen LogP contribution in [0.5, 0.6) is 11.5 Å². The van der Waals surface area contributed by atoms with E-state index in [0.29, 0.717) is 18.7 Å². The van der Waals surface area contributed by atoms with Crippen molar-refractivity contribution < 1.29 is 18.7 Å². The molecular weight excluding hydrogens is 297 g/mol. The number of methoxy groups -OCH3 is 1. The van der Waals surface area contributed by atoms with Crippen molar-refractivity contribution in [3.8, 4) is 11.5 Å². The predicted octanol–water partition coefficient (Wildman–Crippen LogP) is 2.91. The summed E-state index contributed by atoms with van der Waals surface area (Å²) in [6.07, 6.45) is 0.177. The number of benzene rings is 2. The van der Waals surface area contributed by atoms with E-state index >= 15 is 0 Å². The van der Waals surface area contributed by atoms with Gasteiger partial charge in [0.2, 0.25) is 5.91 Å². The Hall–Kier alpha value is -2.56. The van der Waals surface area contributed by atoms with Crippen LogP contribution >= 0.6 is 0 Å². The maximum absolute atomic E-state index is 13.1. The van der Waals surface area contributed by atoms with Gasteiger partial charge in [-0.25, -0.2) is 4.39 Å². The molecule has 0 N–H and O–H groups in total. The lowest BCUT2D eigenvalue weighted by molar-refractivity contribution is -0.129. The molecule has 0 aliphatic rings. The van der Waals surface area contributed by atoms with E-state index in [4.69, 9.17) is 9.47 Å².